The lowest BCUT2D eigenvalue weighted by Gasteiger charge is -2.29. The Labute approximate surface area is 158 Å². The van der Waals surface area contributed by atoms with Gasteiger partial charge in [0, 0.05) is 20.1 Å². The Bertz CT molecular complexity index is 925. The summed E-state index contributed by atoms with van der Waals surface area (Å²) in [6.07, 6.45) is 4.41. The fourth-order valence-electron chi connectivity index (χ4n) is 3.24. The van der Waals surface area contributed by atoms with Gasteiger partial charge in [-0.05, 0) is 42.2 Å². The molecule has 1 amide bonds. The third-order valence-electron chi connectivity index (χ3n) is 4.94. The molecule has 2 aromatic rings. The number of benzene rings is 1. The Morgan fingerprint density at radius 1 is 1.33 bits per heavy atom. The Kier molecular flexibility index (Phi) is 5.66. The SMILES string of the molecule is C[C@H]1CCCC[C@@H]1NC(=O)COn1nnc2ccc(S(=O)(=O)N(C)C)cc21. The zero-order valence-electron chi connectivity index (χ0n) is 15.8. The number of sulfonamides is 1. The van der Waals surface area contributed by atoms with Crippen molar-refractivity contribution in [2.45, 2.75) is 43.5 Å². The molecule has 1 aromatic carbocycles. The van der Waals surface area contributed by atoms with Crippen LogP contribution in [0.5, 0.6) is 0 Å². The standard InChI is InChI=1S/C17H25N5O4S/c1-12-6-4-5-7-14(12)18-17(23)11-26-22-16-10-13(27(24,25)21(2)3)8-9-15(16)19-20-22/h8-10,12,14H,4-7,11H2,1-3H3,(H,18,23)/t12-,14-/m0/s1. The van der Waals surface area contributed by atoms with Crippen LogP contribution in [-0.4, -0.2) is 60.5 Å². The van der Waals surface area contributed by atoms with Crippen molar-refractivity contribution in [2.24, 2.45) is 5.92 Å². The number of aromatic nitrogens is 3. The second-order valence-corrected chi connectivity index (χ2v) is 9.26. The van der Waals surface area contributed by atoms with Gasteiger partial charge in [-0.3, -0.25) is 4.79 Å². The van der Waals surface area contributed by atoms with Crippen molar-refractivity contribution in [1.82, 2.24) is 24.8 Å². The molecule has 0 spiro atoms. The van der Waals surface area contributed by atoms with Gasteiger partial charge in [-0.25, -0.2) is 12.7 Å². The molecule has 0 aliphatic heterocycles. The molecule has 0 radical (unpaired) electrons. The van der Waals surface area contributed by atoms with Gasteiger partial charge in [-0.15, -0.1) is 5.10 Å². The zero-order chi connectivity index (χ0) is 19.6. The molecule has 2 atom stereocenters. The summed E-state index contributed by atoms with van der Waals surface area (Å²) >= 11 is 0. The van der Waals surface area contributed by atoms with Gasteiger partial charge in [0.1, 0.15) is 11.0 Å². The molecule has 0 unspecified atom stereocenters. The summed E-state index contributed by atoms with van der Waals surface area (Å²) < 4.78 is 25.7. The molecule has 1 fully saturated rings. The van der Waals surface area contributed by atoms with Crippen LogP contribution < -0.4 is 10.2 Å². The van der Waals surface area contributed by atoms with E-state index in [0.29, 0.717) is 17.0 Å². The second-order valence-electron chi connectivity index (χ2n) is 7.11. The highest BCUT2D eigenvalue weighted by atomic mass is 32.2. The maximum atomic E-state index is 12.3. The van der Waals surface area contributed by atoms with Crippen molar-refractivity contribution >= 4 is 27.0 Å². The van der Waals surface area contributed by atoms with E-state index in [1.807, 2.05) is 0 Å². The van der Waals surface area contributed by atoms with Gasteiger partial charge in [0.25, 0.3) is 5.91 Å². The predicted molar refractivity (Wildman–Crippen MR) is 99.4 cm³/mol. The highest BCUT2D eigenvalue weighted by molar-refractivity contribution is 7.89. The number of rotatable bonds is 6. The smallest absolute Gasteiger partial charge is 0.261 e. The molecule has 3 rings (SSSR count). The molecule has 1 heterocycles. The van der Waals surface area contributed by atoms with Crippen molar-refractivity contribution in [1.29, 1.82) is 0 Å². The minimum atomic E-state index is -3.59. The van der Waals surface area contributed by atoms with Gasteiger partial charge in [0.2, 0.25) is 10.0 Å². The van der Waals surface area contributed by atoms with Crippen molar-refractivity contribution in [3.05, 3.63) is 18.2 Å². The molecule has 0 saturated heterocycles. The molecule has 1 N–H and O–H groups in total. The Morgan fingerprint density at radius 3 is 2.78 bits per heavy atom. The number of hydrogen-bond acceptors (Lipinski definition) is 6. The topological polar surface area (TPSA) is 106 Å². The van der Waals surface area contributed by atoms with Crippen molar-refractivity contribution < 1.29 is 18.0 Å². The zero-order valence-corrected chi connectivity index (χ0v) is 16.6. The maximum absolute atomic E-state index is 12.3. The molecular formula is C17H25N5O4S. The molecule has 148 valence electrons. The first-order valence-electron chi connectivity index (χ1n) is 8.99. The van der Waals surface area contributed by atoms with Crippen LogP contribution in [0.1, 0.15) is 32.6 Å². The van der Waals surface area contributed by atoms with Crippen molar-refractivity contribution in [3.8, 4) is 0 Å². The van der Waals surface area contributed by atoms with Crippen LogP contribution in [-0.2, 0) is 14.8 Å². The Balaban J connectivity index is 1.70. The summed E-state index contributed by atoms with van der Waals surface area (Å²) in [5, 5.41) is 10.8. The van der Waals surface area contributed by atoms with E-state index in [0.717, 1.165) is 28.4 Å². The normalized spacial score (nSPS) is 20.7. The monoisotopic (exact) mass is 395 g/mol. The molecule has 10 heteroatoms. The van der Waals surface area contributed by atoms with Crippen LogP contribution >= 0.6 is 0 Å². The summed E-state index contributed by atoms with van der Waals surface area (Å²) in [5.74, 6) is 0.225. The van der Waals surface area contributed by atoms with E-state index in [4.69, 9.17) is 4.84 Å². The van der Waals surface area contributed by atoms with Gasteiger partial charge in [0.15, 0.2) is 6.61 Å². The van der Waals surface area contributed by atoms with E-state index < -0.39 is 10.0 Å². The molecular weight excluding hydrogens is 370 g/mol. The largest absolute Gasteiger partial charge is 0.385 e. The van der Waals surface area contributed by atoms with Gasteiger partial charge in [-0.2, -0.15) is 0 Å². The van der Waals surface area contributed by atoms with E-state index in [2.05, 4.69) is 22.6 Å². The Morgan fingerprint density at radius 2 is 2.07 bits per heavy atom. The van der Waals surface area contributed by atoms with Crippen molar-refractivity contribution in [3.63, 3.8) is 0 Å². The number of fused-ring (bicyclic) bond motifs is 1. The lowest BCUT2D eigenvalue weighted by molar-refractivity contribution is -0.127. The molecule has 9 nitrogen and oxygen atoms in total. The lowest BCUT2D eigenvalue weighted by atomic mass is 9.86. The number of hydrogen-bond donors (Lipinski definition) is 1. The van der Waals surface area contributed by atoms with Crippen molar-refractivity contribution in [2.75, 3.05) is 20.7 Å². The average molecular weight is 395 g/mol. The number of nitrogens with zero attached hydrogens (tertiary/aromatic N) is 4. The highest BCUT2D eigenvalue weighted by Gasteiger charge is 2.23. The summed E-state index contributed by atoms with van der Waals surface area (Å²) in [7, 11) is -0.669. The van der Waals surface area contributed by atoms with E-state index in [9.17, 15) is 13.2 Å². The summed E-state index contributed by atoms with van der Waals surface area (Å²) in [5.41, 5.74) is 0.866. The minimum absolute atomic E-state index is 0.104. The fourth-order valence-corrected chi connectivity index (χ4v) is 4.17. The number of amides is 1. The summed E-state index contributed by atoms with van der Waals surface area (Å²) in [6, 6.07) is 4.63. The first kappa shape index (κ1) is 19.6. The van der Waals surface area contributed by atoms with E-state index >= 15 is 0 Å². The number of carbonyl (C=O) groups excluding carboxylic acids is 1. The van der Waals surface area contributed by atoms with Crippen LogP contribution in [0, 0.1) is 5.92 Å². The molecule has 27 heavy (non-hydrogen) atoms. The van der Waals surface area contributed by atoms with Crippen LogP contribution in [0.15, 0.2) is 23.1 Å². The minimum Gasteiger partial charge on any atom is -0.385 e. The molecule has 1 aromatic heterocycles. The average Bonchev–Trinajstić information content (AvgIpc) is 3.04. The number of nitrogens with one attached hydrogen (secondary N) is 1. The van der Waals surface area contributed by atoms with Gasteiger partial charge < -0.3 is 10.2 Å². The maximum Gasteiger partial charge on any atom is 0.261 e. The van der Waals surface area contributed by atoms with E-state index in [1.165, 1.54) is 32.6 Å². The molecule has 1 aliphatic rings. The quantitative estimate of drug-likeness (QED) is 0.776. The first-order chi connectivity index (χ1) is 12.8. The van der Waals surface area contributed by atoms with Crippen LogP contribution in [0.3, 0.4) is 0 Å². The van der Waals surface area contributed by atoms with E-state index in [1.54, 1.807) is 6.07 Å². The third-order valence-corrected chi connectivity index (χ3v) is 6.75. The second kappa shape index (κ2) is 7.81. The lowest BCUT2D eigenvalue weighted by Crippen LogP contribution is -2.43. The third kappa shape index (κ3) is 4.22. The van der Waals surface area contributed by atoms with Gasteiger partial charge in [-0.1, -0.05) is 24.6 Å². The van der Waals surface area contributed by atoms with Gasteiger partial charge >= 0.3 is 0 Å². The fraction of sp³-hybridized carbons (Fsp3) is 0.588. The van der Waals surface area contributed by atoms with Crippen LogP contribution in [0.25, 0.3) is 11.0 Å². The predicted octanol–water partition coefficient (Wildman–Crippen LogP) is 0.805. The number of carbonyl (C=O) groups is 1. The van der Waals surface area contributed by atoms with E-state index in [-0.39, 0.29) is 23.5 Å². The van der Waals surface area contributed by atoms with Crippen LogP contribution in [0.2, 0.25) is 0 Å². The van der Waals surface area contributed by atoms with Gasteiger partial charge in [0.05, 0.1) is 4.90 Å². The summed E-state index contributed by atoms with van der Waals surface area (Å²) in [4.78, 5) is 18.8. The summed E-state index contributed by atoms with van der Waals surface area (Å²) in [6.45, 7) is 1.93. The van der Waals surface area contributed by atoms with Crippen LogP contribution in [0.4, 0.5) is 0 Å². The highest BCUT2D eigenvalue weighted by Crippen LogP contribution is 2.23. The molecule has 1 aliphatic carbocycles. The molecule has 1 saturated carbocycles. The Hall–Kier alpha value is -2.20. The first-order valence-corrected chi connectivity index (χ1v) is 10.4. The molecule has 0 bridgehead atoms.